The fourth-order valence-corrected chi connectivity index (χ4v) is 3.97. The molecule has 0 saturated carbocycles. The van der Waals surface area contributed by atoms with Crippen molar-refractivity contribution < 1.29 is 27.6 Å². The van der Waals surface area contributed by atoms with E-state index in [0.717, 1.165) is 28.8 Å². The predicted molar refractivity (Wildman–Crippen MR) is 136 cm³/mol. The van der Waals surface area contributed by atoms with Crippen molar-refractivity contribution in [2.75, 3.05) is 6.54 Å². The average molecular weight is 521 g/mol. The van der Waals surface area contributed by atoms with Crippen LogP contribution in [0.15, 0.2) is 42.5 Å². The minimum absolute atomic E-state index is 0.241. The number of primary amides is 1. The van der Waals surface area contributed by atoms with Crippen molar-refractivity contribution in [2.45, 2.75) is 65.8 Å². The SMILES string of the molecule is CCC(C)(C)C(NCc1ccc(C)cc1C)C(NC(=O)CNC(=O)c1cccc(C(F)(F)F)c1)C(N)=O. The Kier molecular flexibility index (Phi) is 9.86. The standard InChI is InChI=1S/C27H35F3N4O3/c1-6-26(4,5)23(32-14-19-11-10-16(2)12-17(19)3)22(24(31)36)34-21(35)15-33-25(37)18-8-7-9-20(13-18)27(28,29)30/h7-13,22-23,32H,6,14-15H2,1-5H3,(H2,31,36)(H,33,37)(H,34,35). The summed E-state index contributed by atoms with van der Waals surface area (Å²) in [5.74, 6) is -2.30. The molecule has 0 bridgehead atoms. The minimum atomic E-state index is -4.60. The summed E-state index contributed by atoms with van der Waals surface area (Å²) >= 11 is 0. The van der Waals surface area contributed by atoms with Crippen LogP contribution < -0.4 is 21.7 Å². The van der Waals surface area contributed by atoms with Gasteiger partial charge < -0.3 is 21.7 Å². The van der Waals surface area contributed by atoms with Crippen LogP contribution in [0.2, 0.25) is 0 Å². The molecular weight excluding hydrogens is 485 g/mol. The van der Waals surface area contributed by atoms with Gasteiger partial charge in [-0.1, -0.05) is 50.6 Å². The van der Waals surface area contributed by atoms with Gasteiger partial charge in [-0.15, -0.1) is 0 Å². The number of nitrogens with one attached hydrogen (secondary N) is 3. The monoisotopic (exact) mass is 520 g/mol. The van der Waals surface area contributed by atoms with E-state index < -0.39 is 53.5 Å². The molecule has 2 atom stereocenters. The molecule has 202 valence electrons. The minimum Gasteiger partial charge on any atom is -0.368 e. The van der Waals surface area contributed by atoms with E-state index in [1.807, 2.05) is 46.8 Å². The van der Waals surface area contributed by atoms with Gasteiger partial charge in [0.1, 0.15) is 6.04 Å². The fourth-order valence-electron chi connectivity index (χ4n) is 3.97. The lowest BCUT2D eigenvalue weighted by molar-refractivity contribution is -0.137. The van der Waals surface area contributed by atoms with Crippen LogP contribution in [0.25, 0.3) is 0 Å². The number of halogens is 3. The van der Waals surface area contributed by atoms with Gasteiger partial charge in [0.25, 0.3) is 5.91 Å². The summed E-state index contributed by atoms with van der Waals surface area (Å²) < 4.78 is 38.8. The van der Waals surface area contributed by atoms with Crippen LogP contribution in [0.3, 0.4) is 0 Å². The van der Waals surface area contributed by atoms with Crippen molar-refractivity contribution >= 4 is 17.7 Å². The first-order valence-corrected chi connectivity index (χ1v) is 12.0. The maximum Gasteiger partial charge on any atom is 0.416 e. The van der Waals surface area contributed by atoms with Gasteiger partial charge in [-0.25, -0.2) is 0 Å². The molecule has 0 aliphatic heterocycles. The normalized spacial score (nSPS) is 13.5. The number of alkyl halides is 3. The average Bonchev–Trinajstić information content (AvgIpc) is 2.82. The van der Waals surface area contributed by atoms with E-state index >= 15 is 0 Å². The highest BCUT2D eigenvalue weighted by Gasteiger charge is 2.38. The van der Waals surface area contributed by atoms with E-state index in [2.05, 4.69) is 22.0 Å². The highest BCUT2D eigenvalue weighted by atomic mass is 19.4. The van der Waals surface area contributed by atoms with Gasteiger partial charge in [-0.2, -0.15) is 13.2 Å². The lowest BCUT2D eigenvalue weighted by Gasteiger charge is -2.39. The van der Waals surface area contributed by atoms with E-state index in [9.17, 15) is 27.6 Å². The molecule has 0 radical (unpaired) electrons. The van der Waals surface area contributed by atoms with Crippen molar-refractivity contribution in [3.8, 4) is 0 Å². The molecule has 2 aromatic carbocycles. The fraction of sp³-hybridized carbons (Fsp3) is 0.444. The molecule has 0 spiro atoms. The van der Waals surface area contributed by atoms with E-state index in [1.54, 1.807) is 0 Å². The third-order valence-electron chi connectivity index (χ3n) is 6.58. The van der Waals surface area contributed by atoms with Crippen molar-refractivity contribution in [2.24, 2.45) is 11.1 Å². The summed E-state index contributed by atoms with van der Waals surface area (Å²) in [6.45, 7) is 9.73. The Balaban J connectivity index is 2.13. The highest BCUT2D eigenvalue weighted by molar-refractivity contribution is 5.97. The zero-order valence-corrected chi connectivity index (χ0v) is 21.8. The van der Waals surface area contributed by atoms with Crippen molar-refractivity contribution in [3.63, 3.8) is 0 Å². The van der Waals surface area contributed by atoms with Gasteiger partial charge in [0, 0.05) is 18.2 Å². The number of rotatable bonds is 11. The Morgan fingerprint density at radius 1 is 1.03 bits per heavy atom. The summed E-state index contributed by atoms with van der Waals surface area (Å²) in [5, 5.41) is 8.26. The lowest BCUT2D eigenvalue weighted by atomic mass is 9.77. The lowest BCUT2D eigenvalue weighted by Crippen LogP contribution is -2.62. The second kappa shape index (κ2) is 12.2. The molecule has 37 heavy (non-hydrogen) atoms. The van der Waals surface area contributed by atoms with Crippen molar-refractivity contribution in [1.29, 1.82) is 0 Å². The Morgan fingerprint density at radius 3 is 2.27 bits per heavy atom. The molecule has 2 aromatic rings. The molecule has 3 amide bonds. The number of amides is 3. The van der Waals surface area contributed by atoms with Crippen LogP contribution in [-0.4, -0.2) is 36.3 Å². The van der Waals surface area contributed by atoms with Crippen LogP contribution in [0.5, 0.6) is 0 Å². The second-order valence-corrected chi connectivity index (χ2v) is 9.84. The molecule has 2 unspecified atom stereocenters. The Labute approximate surface area is 215 Å². The van der Waals surface area contributed by atoms with E-state index in [1.165, 1.54) is 6.07 Å². The summed E-state index contributed by atoms with van der Waals surface area (Å²) in [7, 11) is 0. The maximum atomic E-state index is 12.9. The summed E-state index contributed by atoms with van der Waals surface area (Å²) in [4.78, 5) is 37.4. The zero-order valence-electron chi connectivity index (χ0n) is 21.8. The molecule has 0 aromatic heterocycles. The molecule has 0 saturated heterocycles. The van der Waals surface area contributed by atoms with Crippen molar-refractivity contribution in [3.05, 3.63) is 70.3 Å². The summed E-state index contributed by atoms with van der Waals surface area (Å²) in [5.41, 5.74) is 7.25. The Bertz CT molecular complexity index is 1130. The number of nitrogens with two attached hydrogens (primary N) is 1. The largest absolute Gasteiger partial charge is 0.416 e. The van der Waals surface area contributed by atoms with Crippen molar-refractivity contribution in [1.82, 2.24) is 16.0 Å². The number of aryl methyl sites for hydroxylation is 2. The molecule has 2 rings (SSSR count). The van der Waals surface area contributed by atoms with Gasteiger partial charge in [0.2, 0.25) is 11.8 Å². The quantitative estimate of drug-likeness (QED) is 0.363. The number of carbonyl (C=O) groups excluding carboxylic acids is 3. The first kappa shape index (κ1) is 29.8. The van der Waals surface area contributed by atoms with E-state index in [-0.39, 0.29) is 5.56 Å². The highest BCUT2D eigenvalue weighted by Crippen LogP contribution is 2.30. The number of hydrogen-bond acceptors (Lipinski definition) is 4. The molecule has 0 heterocycles. The second-order valence-electron chi connectivity index (χ2n) is 9.84. The molecule has 10 heteroatoms. The first-order chi connectivity index (χ1) is 17.2. The van der Waals surface area contributed by atoms with Crippen LogP contribution >= 0.6 is 0 Å². The summed E-state index contributed by atoms with van der Waals surface area (Å²) in [6, 6.07) is 8.28. The van der Waals surface area contributed by atoms with Gasteiger partial charge in [-0.3, -0.25) is 14.4 Å². The first-order valence-electron chi connectivity index (χ1n) is 12.0. The number of hydrogen-bond donors (Lipinski definition) is 4. The van der Waals surface area contributed by atoms with Crippen LogP contribution in [0, 0.1) is 19.3 Å². The molecule has 5 N–H and O–H groups in total. The van der Waals surface area contributed by atoms with E-state index in [4.69, 9.17) is 5.73 Å². The van der Waals surface area contributed by atoms with Crippen LogP contribution in [-0.2, 0) is 22.3 Å². The molecule has 0 fully saturated rings. The van der Waals surface area contributed by atoms with Crippen LogP contribution in [0.4, 0.5) is 13.2 Å². The Morgan fingerprint density at radius 2 is 1.70 bits per heavy atom. The zero-order chi connectivity index (χ0) is 28.0. The molecule has 0 aliphatic carbocycles. The van der Waals surface area contributed by atoms with Gasteiger partial charge >= 0.3 is 6.18 Å². The number of benzene rings is 2. The van der Waals surface area contributed by atoms with E-state index in [0.29, 0.717) is 19.0 Å². The van der Waals surface area contributed by atoms with Gasteiger partial charge in [-0.05, 0) is 55.0 Å². The van der Waals surface area contributed by atoms with Gasteiger partial charge in [0.15, 0.2) is 0 Å². The van der Waals surface area contributed by atoms with Gasteiger partial charge in [0.05, 0.1) is 12.1 Å². The van der Waals surface area contributed by atoms with Crippen LogP contribution in [0.1, 0.15) is 59.8 Å². The molecule has 0 aliphatic rings. The summed E-state index contributed by atoms with van der Waals surface area (Å²) in [6.07, 6.45) is -3.93. The molecule has 7 nitrogen and oxygen atoms in total. The number of carbonyl (C=O) groups is 3. The third-order valence-corrected chi connectivity index (χ3v) is 6.58. The maximum absolute atomic E-state index is 12.9. The smallest absolute Gasteiger partial charge is 0.368 e. The third kappa shape index (κ3) is 8.31. The molecular formula is C27H35F3N4O3. The Hall–Kier alpha value is -3.40. The topological polar surface area (TPSA) is 113 Å². The predicted octanol–water partition coefficient (Wildman–Crippen LogP) is 3.62.